The maximum atomic E-state index is 13.6. The highest BCUT2D eigenvalue weighted by atomic mass is 79.9. The Morgan fingerprint density at radius 3 is 2.75 bits per heavy atom. The molecule has 36 heavy (non-hydrogen) atoms. The lowest BCUT2D eigenvalue weighted by molar-refractivity contribution is 0.0728. The smallest absolute Gasteiger partial charge is 0.273 e. The van der Waals surface area contributed by atoms with Crippen molar-refractivity contribution in [2.75, 3.05) is 13.7 Å². The zero-order chi connectivity index (χ0) is 25.2. The lowest BCUT2D eigenvalue weighted by Crippen LogP contribution is -2.31. The third-order valence-corrected chi connectivity index (χ3v) is 8.24. The molecule has 0 saturated carbocycles. The second kappa shape index (κ2) is 10.5. The maximum absolute atomic E-state index is 13.6. The Labute approximate surface area is 221 Å². The molecule has 1 saturated heterocycles. The first-order valence-electron chi connectivity index (χ1n) is 11.6. The summed E-state index contributed by atoms with van der Waals surface area (Å²) < 4.78 is 12.4. The van der Waals surface area contributed by atoms with Crippen molar-refractivity contribution in [3.05, 3.63) is 80.0 Å². The molecule has 185 valence electrons. The monoisotopic (exact) mass is 566 g/mol. The Balaban J connectivity index is 1.40. The van der Waals surface area contributed by atoms with Gasteiger partial charge in [-0.25, -0.2) is 9.97 Å². The van der Waals surface area contributed by atoms with Gasteiger partial charge in [-0.05, 0) is 60.7 Å². The standard InChI is InChI=1S/C26H25BrN5O3S/c1-15(12-17-8-5-4-6-9-17)23-30-31-24(35-23)18-13-19(29-21(14-18)34-3)26(33)32-11-7-10-20(32)25-28-16(2)22(27)36-25/h4-6,8-9,13-14,20H,7,10-12H2,1-3H3/t20-/m1/s1. The van der Waals surface area contributed by atoms with E-state index in [2.05, 4.69) is 48.2 Å². The highest BCUT2D eigenvalue weighted by molar-refractivity contribution is 9.11. The van der Waals surface area contributed by atoms with Crippen molar-refractivity contribution in [1.82, 2.24) is 25.1 Å². The SMILES string of the molecule is COc1cc(-c2nnc([C](C)Cc3ccccc3)o2)cc(C(=O)N2CCC[C@@H]2c2nc(C)c(Br)s2)n1. The van der Waals surface area contributed by atoms with Gasteiger partial charge in [-0.1, -0.05) is 30.3 Å². The molecule has 1 fully saturated rings. The molecule has 1 aliphatic rings. The van der Waals surface area contributed by atoms with E-state index in [1.165, 1.54) is 7.11 Å². The van der Waals surface area contributed by atoms with Crippen LogP contribution in [0, 0.1) is 12.8 Å². The summed E-state index contributed by atoms with van der Waals surface area (Å²) in [6, 6.07) is 13.4. The van der Waals surface area contributed by atoms with Crippen LogP contribution in [0.3, 0.4) is 0 Å². The van der Waals surface area contributed by atoms with Crippen LogP contribution in [0.15, 0.2) is 50.7 Å². The van der Waals surface area contributed by atoms with Gasteiger partial charge in [0.2, 0.25) is 17.7 Å². The molecule has 10 heteroatoms. The third kappa shape index (κ3) is 5.05. The lowest BCUT2D eigenvalue weighted by Gasteiger charge is -2.23. The number of thiazole rings is 1. The molecule has 5 rings (SSSR count). The number of ether oxygens (including phenoxy) is 1. The normalized spacial score (nSPS) is 15.6. The van der Waals surface area contributed by atoms with Crippen LogP contribution in [-0.4, -0.2) is 44.6 Å². The summed E-state index contributed by atoms with van der Waals surface area (Å²) in [5.74, 6) is 1.87. The summed E-state index contributed by atoms with van der Waals surface area (Å²) in [4.78, 5) is 24.5. The maximum Gasteiger partial charge on any atom is 0.273 e. The predicted molar refractivity (Wildman–Crippen MR) is 140 cm³/mol. The van der Waals surface area contributed by atoms with Gasteiger partial charge in [-0.15, -0.1) is 21.5 Å². The first-order chi connectivity index (χ1) is 17.4. The molecule has 0 N–H and O–H groups in total. The quantitative estimate of drug-likeness (QED) is 0.277. The molecule has 0 unspecified atom stereocenters. The van der Waals surface area contributed by atoms with Crippen molar-refractivity contribution in [1.29, 1.82) is 0 Å². The highest BCUT2D eigenvalue weighted by Crippen LogP contribution is 2.38. The van der Waals surface area contributed by atoms with Gasteiger partial charge in [0.05, 0.1) is 28.5 Å². The number of methoxy groups -OCH3 is 1. The van der Waals surface area contributed by atoms with Crippen LogP contribution in [0.4, 0.5) is 0 Å². The fraction of sp³-hybridized carbons (Fsp3) is 0.308. The van der Waals surface area contributed by atoms with Crippen LogP contribution in [0.2, 0.25) is 0 Å². The highest BCUT2D eigenvalue weighted by Gasteiger charge is 2.34. The Morgan fingerprint density at radius 2 is 2.03 bits per heavy atom. The summed E-state index contributed by atoms with van der Waals surface area (Å²) in [5.41, 5.74) is 2.95. The number of hydrogen-bond acceptors (Lipinski definition) is 8. The van der Waals surface area contributed by atoms with Crippen molar-refractivity contribution in [2.24, 2.45) is 0 Å². The first-order valence-corrected chi connectivity index (χ1v) is 13.2. The fourth-order valence-corrected chi connectivity index (χ4v) is 5.81. The van der Waals surface area contributed by atoms with Gasteiger partial charge in [-0.3, -0.25) is 4.79 Å². The number of pyridine rings is 1. The number of carbonyl (C=O) groups excluding carboxylic acids is 1. The van der Waals surface area contributed by atoms with Crippen molar-refractivity contribution < 1.29 is 13.9 Å². The molecule has 1 atom stereocenters. The topological polar surface area (TPSA) is 94.2 Å². The molecule has 0 spiro atoms. The van der Waals surface area contributed by atoms with Gasteiger partial charge in [0, 0.05) is 18.2 Å². The Bertz CT molecular complexity index is 1350. The van der Waals surface area contributed by atoms with E-state index in [0.29, 0.717) is 36.2 Å². The van der Waals surface area contributed by atoms with Crippen molar-refractivity contribution in [3.8, 4) is 17.3 Å². The molecule has 4 heterocycles. The minimum atomic E-state index is -0.173. The molecule has 1 aromatic carbocycles. The van der Waals surface area contributed by atoms with Crippen molar-refractivity contribution >= 4 is 33.2 Å². The van der Waals surface area contributed by atoms with E-state index in [9.17, 15) is 4.79 Å². The molecule has 1 aliphatic heterocycles. The van der Waals surface area contributed by atoms with Gasteiger partial charge in [0.1, 0.15) is 10.7 Å². The van der Waals surface area contributed by atoms with Gasteiger partial charge < -0.3 is 14.1 Å². The predicted octanol–water partition coefficient (Wildman–Crippen LogP) is 5.83. The Kier molecular flexibility index (Phi) is 7.15. The minimum Gasteiger partial charge on any atom is -0.481 e. The van der Waals surface area contributed by atoms with Gasteiger partial charge >= 0.3 is 0 Å². The number of benzene rings is 1. The van der Waals surface area contributed by atoms with Crippen molar-refractivity contribution in [2.45, 2.75) is 39.2 Å². The van der Waals surface area contributed by atoms with E-state index in [1.807, 2.05) is 36.9 Å². The first kappa shape index (κ1) is 24.6. The van der Waals surface area contributed by atoms with Crippen LogP contribution >= 0.6 is 27.3 Å². The third-order valence-electron chi connectivity index (χ3n) is 6.13. The van der Waals surface area contributed by atoms with E-state index in [0.717, 1.165) is 38.8 Å². The average molecular weight is 567 g/mol. The Morgan fingerprint density at radius 1 is 1.22 bits per heavy atom. The number of carbonyl (C=O) groups is 1. The number of aromatic nitrogens is 4. The zero-order valence-electron chi connectivity index (χ0n) is 20.2. The number of nitrogens with zero attached hydrogens (tertiary/aromatic N) is 5. The summed E-state index contributed by atoms with van der Waals surface area (Å²) in [6.07, 6.45) is 2.48. The molecule has 1 amide bonds. The zero-order valence-corrected chi connectivity index (χ0v) is 22.6. The molecule has 1 radical (unpaired) electrons. The van der Waals surface area contributed by atoms with E-state index in [4.69, 9.17) is 9.15 Å². The van der Waals surface area contributed by atoms with Crippen LogP contribution < -0.4 is 4.74 Å². The van der Waals surface area contributed by atoms with Gasteiger partial charge in [0.25, 0.3) is 5.91 Å². The second-order valence-electron chi connectivity index (χ2n) is 8.71. The van der Waals surface area contributed by atoms with Crippen LogP contribution in [-0.2, 0) is 6.42 Å². The summed E-state index contributed by atoms with van der Waals surface area (Å²) in [5, 5.41) is 9.40. The van der Waals surface area contributed by atoms with E-state index < -0.39 is 0 Å². The molecule has 0 bridgehead atoms. The largest absolute Gasteiger partial charge is 0.481 e. The summed E-state index contributed by atoms with van der Waals surface area (Å²) >= 11 is 5.12. The lowest BCUT2D eigenvalue weighted by atomic mass is 10.0. The van der Waals surface area contributed by atoms with Crippen molar-refractivity contribution in [3.63, 3.8) is 0 Å². The van der Waals surface area contributed by atoms with E-state index in [1.54, 1.807) is 23.5 Å². The van der Waals surface area contributed by atoms with E-state index >= 15 is 0 Å². The molecule has 0 aliphatic carbocycles. The number of likely N-dealkylation sites (tertiary alicyclic amines) is 1. The van der Waals surface area contributed by atoms with Crippen LogP contribution in [0.5, 0.6) is 5.88 Å². The molecular formula is C26H25BrN5O3S. The molecule has 4 aromatic rings. The number of halogens is 1. The average Bonchev–Trinajstić information content (AvgIpc) is 3.64. The van der Waals surface area contributed by atoms with Gasteiger partial charge in [-0.2, -0.15) is 0 Å². The molecule has 3 aromatic heterocycles. The number of rotatable bonds is 7. The van der Waals surface area contributed by atoms with Crippen LogP contribution in [0.1, 0.15) is 58.5 Å². The Hall–Kier alpha value is -3.11. The fourth-order valence-electron chi connectivity index (χ4n) is 4.29. The minimum absolute atomic E-state index is 0.0748. The van der Waals surface area contributed by atoms with Gasteiger partial charge in [0.15, 0.2) is 0 Å². The molecular weight excluding hydrogens is 542 g/mol. The summed E-state index contributed by atoms with van der Waals surface area (Å²) in [6.45, 7) is 4.57. The number of aryl methyl sites for hydroxylation is 1. The second-order valence-corrected chi connectivity index (χ2v) is 11.1. The number of hydrogen-bond donors (Lipinski definition) is 0. The summed E-state index contributed by atoms with van der Waals surface area (Å²) in [7, 11) is 1.52. The number of amides is 1. The van der Waals surface area contributed by atoms with E-state index in [-0.39, 0.29) is 17.6 Å². The van der Waals surface area contributed by atoms with Crippen LogP contribution in [0.25, 0.3) is 11.5 Å². The molecule has 8 nitrogen and oxygen atoms in total.